The Morgan fingerprint density at radius 2 is 1.93 bits per heavy atom. The van der Waals surface area contributed by atoms with Crippen LogP contribution < -0.4 is 10.9 Å². The second kappa shape index (κ2) is 9.04. The number of furan rings is 1. The highest BCUT2D eigenvalue weighted by Crippen LogP contribution is 2.21. The van der Waals surface area contributed by atoms with Crippen molar-refractivity contribution < 1.29 is 4.42 Å². The fraction of sp³-hybridized carbons (Fsp3) is 0.417. The third kappa shape index (κ3) is 4.59. The molecule has 0 spiro atoms. The first-order valence-corrected chi connectivity index (χ1v) is 11.1. The Labute approximate surface area is 182 Å². The standard InChI is InChI=1S/C24H29N3O2S/c1-16-10-11-17(2)22-21(16)13-18(23(28)26-22)14-27(15-20-9-6-12-29-20)24(30)25-19-7-4-3-5-8-19/h6,9-13,19H,3-5,7-8,14-15H2,1-2H3,(H,25,30)(H,26,28). The Morgan fingerprint density at radius 3 is 2.67 bits per heavy atom. The normalized spacial score (nSPS) is 14.7. The van der Waals surface area contributed by atoms with Crippen molar-refractivity contribution >= 4 is 28.2 Å². The Hall–Kier alpha value is -2.60. The fourth-order valence-electron chi connectivity index (χ4n) is 4.24. The van der Waals surface area contributed by atoms with E-state index in [1.54, 1.807) is 6.26 Å². The van der Waals surface area contributed by atoms with E-state index in [1.165, 1.54) is 19.3 Å². The van der Waals surface area contributed by atoms with Gasteiger partial charge in [-0.15, -0.1) is 0 Å². The van der Waals surface area contributed by atoms with Gasteiger partial charge in [0.05, 0.1) is 24.9 Å². The maximum atomic E-state index is 12.9. The molecule has 30 heavy (non-hydrogen) atoms. The quantitative estimate of drug-likeness (QED) is 0.569. The lowest BCUT2D eigenvalue weighted by Crippen LogP contribution is -2.45. The van der Waals surface area contributed by atoms with Gasteiger partial charge in [-0.1, -0.05) is 31.4 Å². The van der Waals surface area contributed by atoms with Gasteiger partial charge < -0.3 is 19.6 Å². The molecule has 0 bridgehead atoms. The molecule has 6 heteroatoms. The van der Waals surface area contributed by atoms with Gasteiger partial charge in [0.2, 0.25) is 0 Å². The maximum absolute atomic E-state index is 12.9. The van der Waals surface area contributed by atoms with Gasteiger partial charge >= 0.3 is 0 Å². The zero-order chi connectivity index (χ0) is 21.1. The summed E-state index contributed by atoms with van der Waals surface area (Å²) in [5, 5.41) is 5.29. The van der Waals surface area contributed by atoms with E-state index < -0.39 is 0 Å². The third-order valence-electron chi connectivity index (χ3n) is 6.03. The van der Waals surface area contributed by atoms with Crippen LogP contribution in [0.3, 0.4) is 0 Å². The van der Waals surface area contributed by atoms with Crippen LogP contribution in [-0.4, -0.2) is 21.0 Å². The van der Waals surface area contributed by atoms with Crippen LogP contribution in [0.1, 0.15) is 54.6 Å². The molecule has 5 nitrogen and oxygen atoms in total. The number of aryl methyl sites for hydroxylation is 2. The van der Waals surface area contributed by atoms with Crippen molar-refractivity contribution in [2.24, 2.45) is 0 Å². The minimum atomic E-state index is -0.0684. The first-order chi connectivity index (χ1) is 14.5. The van der Waals surface area contributed by atoms with Gasteiger partial charge in [-0.05, 0) is 68.2 Å². The monoisotopic (exact) mass is 423 g/mol. The molecule has 0 aliphatic heterocycles. The predicted octanol–water partition coefficient (Wildman–Crippen LogP) is 4.95. The summed E-state index contributed by atoms with van der Waals surface area (Å²) < 4.78 is 5.56. The SMILES string of the molecule is Cc1ccc(C)c2[nH]c(=O)c(CN(Cc3ccco3)C(=S)NC3CCCCC3)cc12. The molecule has 1 aliphatic rings. The van der Waals surface area contributed by atoms with Crippen LogP contribution in [0.5, 0.6) is 0 Å². The number of hydrogen-bond acceptors (Lipinski definition) is 3. The molecule has 1 fully saturated rings. The molecule has 2 aromatic heterocycles. The number of H-pyrrole nitrogens is 1. The van der Waals surface area contributed by atoms with Gasteiger partial charge in [-0.3, -0.25) is 4.79 Å². The number of rotatable bonds is 5. The number of aromatic nitrogens is 1. The highest BCUT2D eigenvalue weighted by atomic mass is 32.1. The molecule has 158 valence electrons. The van der Waals surface area contributed by atoms with Crippen LogP contribution in [0.15, 0.2) is 45.8 Å². The van der Waals surface area contributed by atoms with Crippen molar-refractivity contribution in [3.05, 3.63) is 69.4 Å². The summed E-state index contributed by atoms with van der Waals surface area (Å²) in [5.41, 5.74) is 3.76. The van der Waals surface area contributed by atoms with E-state index in [2.05, 4.69) is 23.3 Å². The van der Waals surface area contributed by atoms with Crippen LogP contribution in [0.4, 0.5) is 0 Å². The molecular formula is C24H29N3O2S. The Balaban J connectivity index is 1.62. The molecular weight excluding hydrogens is 394 g/mol. The van der Waals surface area contributed by atoms with Gasteiger partial charge in [0.25, 0.3) is 5.56 Å². The molecule has 2 heterocycles. The lowest BCUT2D eigenvalue weighted by Gasteiger charge is -2.30. The minimum Gasteiger partial charge on any atom is -0.467 e. The van der Waals surface area contributed by atoms with E-state index in [1.807, 2.05) is 36.1 Å². The topological polar surface area (TPSA) is 61.3 Å². The number of nitrogens with zero attached hydrogens (tertiary/aromatic N) is 1. The first-order valence-electron chi connectivity index (χ1n) is 10.7. The Bertz CT molecular complexity index is 1080. The average molecular weight is 424 g/mol. The Morgan fingerprint density at radius 1 is 1.17 bits per heavy atom. The van der Waals surface area contributed by atoms with Gasteiger partial charge in [-0.2, -0.15) is 0 Å². The summed E-state index contributed by atoms with van der Waals surface area (Å²) in [6.07, 6.45) is 7.72. The lowest BCUT2D eigenvalue weighted by molar-refractivity contribution is 0.334. The third-order valence-corrected chi connectivity index (χ3v) is 6.40. The van der Waals surface area contributed by atoms with Crippen molar-refractivity contribution in [3.63, 3.8) is 0 Å². The smallest absolute Gasteiger partial charge is 0.253 e. The highest BCUT2D eigenvalue weighted by Gasteiger charge is 2.20. The maximum Gasteiger partial charge on any atom is 0.253 e. The summed E-state index contributed by atoms with van der Waals surface area (Å²) in [4.78, 5) is 18.0. The Kier molecular flexibility index (Phi) is 6.23. The van der Waals surface area contributed by atoms with Crippen molar-refractivity contribution in [2.75, 3.05) is 0 Å². The number of aromatic amines is 1. The van der Waals surface area contributed by atoms with E-state index in [0.29, 0.717) is 29.8 Å². The van der Waals surface area contributed by atoms with Crippen LogP contribution in [0.2, 0.25) is 0 Å². The van der Waals surface area contributed by atoms with E-state index in [4.69, 9.17) is 16.6 Å². The van der Waals surface area contributed by atoms with E-state index in [-0.39, 0.29) is 5.56 Å². The van der Waals surface area contributed by atoms with Crippen molar-refractivity contribution in [3.8, 4) is 0 Å². The summed E-state index contributed by atoms with van der Waals surface area (Å²) in [7, 11) is 0. The molecule has 3 aromatic rings. The molecule has 2 N–H and O–H groups in total. The molecule has 4 rings (SSSR count). The minimum absolute atomic E-state index is 0.0684. The van der Waals surface area contributed by atoms with Crippen LogP contribution in [-0.2, 0) is 13.1 Å². The highest BCUT2D eigenvalue weighted by molar-refractivity contribution is 7.80. The average Bonchev–Trinajstić information content (AvgIpc) is 3.25. The number of pyridine rings is 1. The summed E-state index contributed by atoms with van der Waals surface area (Å²) in [5.74, 6) is 0.826. The van der Waals surface area contributed by atoms with Crippen molar-refractivity contribution in [1.82, 2.24) is 15.2 Å². The zero-order valence-corrected chi connectivity index (χ0v) is 18.5. The van der Waals surface area contributed by atoms with E-state index >= 15 is 0 Å². The molecule has 0 saturated heterocycles. The molecule has 1 aliphatic carbocycles. The predicted molar refractivity (Wildman–Crippen MR) is 125 cm³/mol. The fourth-order valence-corrected chi connectivity index (χ4v) is 4.54. The molecule has 0 amide bonds. The van der Waals surface area contributed by atoms with Gasteiger partial charge in [0, 0.05) is 17.0 Å². The summed E-state index contributed by atoms with van der Waals surface area (Å²) in [6.45, 7) is 5.04. The summed E-state index contributed by atoms with van der Waals surface area (Å²) >= 11 is 5.78. The molecule has 1 aromatic carbocycles. The molecule has 0 unspecified atom stereocenters. The second-order valence-corrected chi connectivity index (χ2v) is 8.72. The number of benzene rings is 1. The van der Waals surface area contributed by atoms with Gasteiger partial charge in [-0.25, -0.2) is 0 Å². The number of hydrogen-bond donors (Lipinski definition) is 2. The van der Waals surface area contributed by atoms with Crippen molar-refractivity contribution in [1.29, 1.82) is 0 Å². The lowest BCUT2D eigenvalue weighted by atomic mass is 9.96. The summed E-state index contributed by atoms with van der Waals surface area (Å²) in [6, 6.07) is 10.4. The van der Waals surface area contributed by atoms with Crippen LogP contribution >= 0.6 is 12.2 Å². The van der Waals surface area contributed by atoms with Gasteiger partial charge in [0.15, 0.2) is 5.11 Å². The first kappa shape index (κ1) is 20.7. The largest absolute Gasteiger partial charge is 0.467 e. The zero-order valence-electron chi connectivity index (χ0n) is 17.7. The molecule has 0 atom stereocenters. The van der Waals surface area contributed by atoms with Gasteiger partial charge in [0.1, 0.15) is 5.76 Å². The van der Waals surface area contributed by atoms with Crippen molar-refractivity contribution in [2.45, 2.75) is 65.1 Å². The number of fused-ring (bicyclic) bond motifs is 1. The van der Waals surface area contributed by atoms with Crippen LogP contribution in [0.25, 0.3) is 10.9 Å². The number of thiocarbonyl (C=S) groups is 1. The van der Waals surface area contributed by atoms with Crippen LogP contribution in [0, 0.1) is 13.8 Å². The molecule has 1 saturated carbocycles. The van der Waals surface area contributed by atoms with E-state index in [0.717, 1.165) is 40.6 Å². The molecule has 0 radical (unpaired) electrons. The second-order valence-electron chi connectivity index (χ2n) is 8.33. The number of nitrogens with one attached hydrogen (secondary N) is 2. The van der Waals surface area contributed by atoms with E-state index in [9.17, 15) is 4.79 Å².